The number of carbonyl (C=O) groups is 2. The Labute approximate surface area is 108 Å². The first-order chi connectivity index (χ1) is 8.58. The van der Waals surface area contributed by atoms with E-state index < -0.39 is 5.97 Å². The zero-order chi connectivity index (χ0) is 13.1. The number of carbonyl (C=O) groups excluding carboxylic acids is 1. The molecule has 2 aliphatic rings. The molecule has 0 aromatic carbocycles. The van der Waals surface area contributed by atoms with Crippen LogP contribution in [-0.4, -0.2) is 41.1 Å². The van der Waals surface area contributed by atoms with E-state index in [1.807, 2.05) is 7.05 Å². The first-order valence-electron chi connectivity index (χ1n) is 6.84. The molecule has 0 spiro atoms. The van der Waals surface area contributed by atoms with E-state index in [2.05, 4.69) is 5.32 Å². The largest absolute Gasteiger partial charge is 0.481 e. The van der Waals surface area contributed by atoms with Crippen LogP contribution < -0.4 is 5.32 Å². The van der Waals surface area contributed by atoms with Gasteiger partial charge in [0.05, 0.1) is 5.92 Å². The minimum atomic E-state index is -0.735. The summed E-state index contributed by atoms with van der Waals surface area (Å²) >= 11 is 0. The Morgan fingerprint density at radius 1 is 1.17 bits per heavy atom. The second-order valence-corrected chi connectivity index (χ2v) is 5.54. The number of urea groups is 1. The normalized spacial score (nSPS) is 28.3. The maximum absolute atomic E-state index is 12.0. The molecule has 0 aromatic rings. The van der Waals surface area contributed by atoms with Crippen LogP contribution >= 0.6 is 0 Å². The molecule has 0 aromatic heterocycles. The molecule has 0 heterocycles. The Hall–Kier alpha value is -1.26. The van der Waals surface area contributed by atoms with E-state index in [-0.39, 0.29) is 18.0 Å². The van der Waals surface area contributed by atoms with Crippen LogP contribution in [-0.2, 0) is 4.79 Å². The topological polar surface area (TPSA) is 69.6 Å². The minimum absolute atomic E-state index is 0.0230. The number of hydrogen-bond donors (Lipinski definition) is 2. The van der Waals surface area contributed by atoms with Crippen molar-refractivity contribution in [3.05, 3.63) is 0 Å². The highest BCUT2D eigenvalue weighted by molar-refractivity contribution is 5.75. The van der Waals surface area contributed by atoms with Crippen LogP contribution in [0, 0.1) is 5.92 Å². The molecule has 102 valence electrons. The maximum atomic E-state index is 12.0. The third-order valence-electron chi connectivity index (χ3n) is 4.29. The van der Waals surface area contributed by atoms with Crippen LogP contribution in [0.3, 0.4) is 0 Å². The van der Waals surface area contributed by atoms with Crippen molar-refractivity contribution >= 4 is 12.0 Å². The summed E-state index contributed by atoms with van der Waals surface area (Å²) in [6, 6.07) is 0.356. The van der Waals surface area contributed by atoms with Gasteiger partial charge in [0, 0.05) is 19.1 Å². The molecule has 2 rings (SSSR count). The SMILES string of the molecule is CN(C(=O)NC1CCCC(C(=O)O)C1)C1CCC1. The van der Waals surface area contributed by atoms with Gasteiger partial charge in [0.25, 0.3) is 0 Å². The Balaban J connectivity index is 1.81. The van der Waals surface area contributed by atoms with Gasteiger partial charge in [-0.1, -0.05) is 6.42 Å². The molecule has 0 saturated heterocycles. The van der Waals surface area contributed by atoms with E-state index in [0.29, 0.717) is 12.5 Å². The minimum Gasteiger partial charge on any atom is -0.481 e. The summed E-state index contributed by atoms with van der Waals surface area (Å²) in [5.74, 6) is -1.03. The molecule has 2 atom stereocenters. The highest BCUT2D eigenvalue weighted by Crippen LogP contribution is 2.26. The van der Waals surface area contributed by atoms with Crippen molar-refractivity contribution in [2.45, 2.75) is 57.0 Å². The number of aliphatic carboxylic acids is 1. The van der Waals surface area contributed by atoms with Gasteiger partial charge in [-0.15, -0.1) is 0 Å². The molecule has 2 N–H and O–H groups in total. The molecule has 18 heavy (non-hydrogen) atoms. The highest BCUT2D eigenvalue weighted by atomic mass is 16.4. The summed E-state index contributed by atoms with van der Waals surface area (Å²) in [5, 5.41) is 12.0. The predicted molar refractivity (Wildman–Crippen MR) is 67.3 cm³/mol. The number of carboxylic acids is 1. The molecule has 2 unspecified atom stereocenters. The van der Waals surface area contributed by atoms with Crippen LogP contribution in [0.2, 0.25) is 0 Å². The summed E-state index contributed by atoms with van der Waals surface area (Å²) in [7, 11) is 1.83. The first-order valence-corrected chi connectivity index (χ1v) is 6.84. The van der Waals surface area contributed by atoms with Crippen molar-refractivity contribution in [1.82, 2.24) is 10.2 Å². The molecule has 2 saturated carbocycles. The summed E-state index contributed by atoms with van der Waals surface area (Å²) in [4.78, 5) is 24.7. The Bertz CT molecular complexity index is 328. The average molecular weight is 254 g/mol. The monoisotopic (exact) mass is 254 g/mol. The number of carboxylic acid groups (broad SMARTS) is 1. The van der Waals surface area contributed by atoms with E-state index in [0.717, 1.165) is 32.1 Å². The molecule has 0 bridgehead atoms. The fourth-order valence-electron chi connectivity index (χ4n) is 2.76. The van der Waals surface area contributed by atoms with Crippen LogP contribution in [0.15, 0.2) is 0 Å². The molecular weight excluding hydrogens is 232 g/mol. The van der Waals surface area contributed by atoms with Crippen molar-refractivity contribution in [1.29, 1.82) is 0 Å². The van der Waals surface area contributed by atoms with E-state index in [4.69, 9.17) is 5.11 Å². The third kappa shape index (κ3) is 2.94. The van der Waals surface area contributed by atoms with Crippen LogP contribution in [0.4, 0.5) is 4.79 Å². The van der Waals surface area contributed by atoms with E-state index in [1.165, 1.54) is 6.42 Å². The van der Waals surface area contributed by atoms with Crippen LogP contribution in [0.5, 0.6) is 0 Å². The second kappa shape index (κ2) is 5.59. The second-order valence-electron chi connectivity index (χ2n) is 5.54. The molecule has 0 radical (unpaired) electrons. The lowest BCUT2D eigenvalue weighted by Gasteiger charge is -2.36. The van der Waals surface area contributed by atoms with Gasteiger partial charge >= 0.3 is 12.0 Å². The highest BCUT2D eigenvalue weighted by Gasteiger charge is 2.30. The number of nitrogens with zero attached hydrogens (tertiary/aromatic N) is 1. The van der Waals surface area contributed by atoms with Gasteiger partial charge in [0.1, 0.15) is 0 Å². The van der Waals surface area contributed by atoms with E-state index >= 15 is 0 Å². The number of nitrogens with one attached hydrogen (secondary N) is 1. The zero-order valence-corrected chi connectivity index (χ0v) is 10.9. The Morgan fingerprint density at radius 2 is 1.83 bits per heavy atom. The van der Waals surface area contributed by atoms with Crippen molar-refractivity contribution < 1.29 is 14.7 Å². The van der Waals surface area contributed by atoms with Gasteiger partial charge in [-0.2, -0.15) is 0 Å². The first kappa shape index (κ1) is 13.2. The fourth-order valence-corrected chi connectivity index (χ4v) is 2.76. The van der Waals surface area contributed by atoms with Gasteiger partial charge in [-0.3, -0.25) is 4.79 Å². The number of amides is 2. The number of rotatable bonds is 3. The summed E-state index contributed by atoms with van der Waals surface area (Å²) in [6.45, 7) is 0. The average Bonchev–Trinajstić information content (AvgIpc) is 2.26. The van der Waals surface area contributed by atoms with E-state index in [1.54, 1.807) is 4.90 Å². The molecule has 2 fully saturated rings. The molecule has 2 amide bonds. The predicted octanol–water partition coefficient (Wildman–Crippen LogP) is 1.82. The van der Waals surface area contributed by atoms with Crippen molar-refractivity contribution in [3.8, 4) is 0 Å². The standard InChI is InChI=1S/C13H22N2O3/c1-15(11-6-3-7-11)13(18)14-10-5-2-4-9(8-10)12(16)17/h9-11H,2-8H2,1H3,(H,14,18)(H,16,17). The van der Waals surface area contributed by atoms with Gasteiger partial charge in [0.15, 0.2) is 0 Å². The van der Waals surface area contributed by atoms with Crippen molar-refractivity contribution in [3.63, 3.8) is 0 Å². The van der Waals surface area contributed by atoms with E-state index in [9.17, 15) is 9.59 Å². The van der Waals surface area contributed by atoms with Crippen molar-refractivity contribution in [2.24, 2.45) is 5.92 Å². The summed E-state index contributed by atoms with van der Waals surface area (Å²) < 4.78 is 0. The lowest BCUT2D eigenvalue weighted by Crippen LogP contribution is -2.50. The van der Waals surface area contributed by atoms with Crippen molar-refractivity contribution in [2.75, 3.05) is 7.05 Å². The maximum Gasteiger partial charge on any atom is 0.317 e. The van der Waals surface area contributed by atoms with Gasteiger partial charge in [0.2, 0.25) is 0 Å². The molecular formula is C13H22N2O3. The number of hydrogen-bond acceptors (Lipinski definition) is 2. The molecule has 5 heteroatoms. The van der Waals surface area contributed by atoms with Gasteiger partial charge in [-0.25, -0.2) is 4.79 Å². The molecule has 0 aliphatic heterocycles. The Morgan fingerprint density at radius 3 is 2.39 bits per heavy atom. The van der Waals surface area contributed by atoms with Crippen LogP contribution in [0.1, 0.15) is 44.9 Å². The molecule has 5 nitrogen and oxygen atoms in total. The van der Waals surface area contributed by atoms with Gasteiger partial charge < -0.3 is 15.3 Å². The van der Waals surface area contributed by atoms with Gasteiger partial charge in [-0.05, 0) is 38.5 Å². The summed E-state index contributed by atoms with van der Waals surface area (Å²) in [5.41, 5.74) is 0. The lowest BCUT2D eigenvalue weighted by molar-refractivity contribution is -0.143. The Kier molecular flexibility index (Phi) is 4.09. The van der Waals surface area contributed by atoms with Crippen LogP contribution in [0.25, 0.3) is 0 Å². The summed E-state index contributed by atoms with van der Waals surface area (Å²) in [6.07, 6.45) is 6.47. The zero-order valence-electron chi connectivity index (χ0n) is 10.9. The lowest BCUT2D eigenvalue weighted by atomic mass is 9.86. The fraction of sp³-hybridized carbons (Fsp3) is 0.846. The third-order valence-corrected chi connectivity index (χ3v) is 4.29. The smallest absolute Gasteiger partial charge is 0.317 e. The molecule has 2 aliphatic carbocycles. The quantitative estimate of drug-likeness (QED) is 0.807.